The summed E-state index contributed by atoms with van der Waals surface area (Å²) < 4.78 is 0. The molecule has 0 saturated carbocycles. The first kappa shape index (κ1) is 13.2. The van der Waals surface area contributed by atoms with Gasteiger partial charge in [0.1, 0.15) is 0 Å². The highest BCUT2D eigenvalue weighted by molar-refractivity contribution is 6.06. The lowest BCUT2D eigenvalue weighted by Crippen LogP contribution is -2.39. The number of likely N-dealkylation sites (tertiary alicyclic amines) is 1. The molecule has 1 aliphatic heterocycles. The van der Waals surface area contributed by atoms with Crippen molar-refractivity contribution in [2.24, 2.45) is 5.92 Å². The molecular formula is C17H22N2O. The third kappa shape index (κ3) is 2.11. The number of carbonyl (C=O) groups is 1. The maximum atomic E-state index is 12.8. The van der Waals surface area contributed by atoms with Crippen LogP contribution in [0.3, 0.4) is 0 Å². The first-order valence-electron chi connectivity index (χ1n) is 7.45. The third-order valence-corrected chi connectivity index (χ3v) is 4.52. The number of aromatic nitrogens is 1. The van der Waals surface area contributed by atoms with E-state index in [1.807, 2.05) is 17.0 Å². The summed E-state index contributed by atoms with van der Waals surface area (Å²) in [5, 5.41) is 1.17. The molecule has 2 heterocycles. The number of piperidine rings is 1. The number of benzene rings is 1. The second-order valence-electron chi connectivity index (χ2n) is 6.10. The number of hydrogen-bond donors (Lipinski definition) is 1. The average Bonchev–Trinajstić information content (AvgIpc) is 2.74. The highest BCUT2D eigenvalue weighted by atomic mass is 16.2. The van der Waals surface area contributed by atoms with Crippen LogP contribution in [-0.2, 0) is 0 Å². The van der Waals surface area contributed by atoms with Crippen molar-refractivity contribution in [1.29, 1.82) is 0 Å². The number of H-pyrrole nitrogens is 1. The quantitative estimate of drug-likeness (QED) is 0.843. The summed E-state index contributed by atoms with van der Waals surface area (Å²) >= 11 is 0. The monoisotopic (exact) mass is 270 g/mol. The van der Waals surface area contributed by atoms with Gasteiger partial charge in [0.05, 0.1) is 11.1 Å². The van der Waals surface area contributed by atoms with Gasteiger partial charge in [-0.05, 0) is 44.2 Å². The van der Waals surface area contributed by atoms with Gasteiger partial charge in [-0.25, -0.2) is 0 Å². The molecule has 2 aromatic rings. The molecule has 1 atom stereocenters. The van der Waals surface area contributed by atoms with Crippen LogP contribution in [0.4, 0.5) is 0 Å². The van der Waals surface area contributed by atoms with Crippen molar-refractivity contribution in [3.8, 4) is 0 Å². The Bertz CT molecular complexity index is 656. The summed E-state index contributed by atoms with van der Waals surface area (Å²) in [6.45, 7) is 8.16. The molecule has 0 spiro atoms. The molecule has 0 bridgehead atoms. The van der Waals surface area contributed by atoms with Crippen LogP contribution in [0, 0.1) is 19.8 Å². The van der Waals surface area contributed by atoms with Gasteiger partial charge in [-0.1, -0.05) is 19.1 Å². The van der Waals surface area contributed by atoms with Gasteiger partial charge in [0, 0.05) is 24.2 Å². The normalized spacial score (nSPS) is 19.6. The van der Waals surface area contributed by atoms with Crippen LogP contribution >= 0.6 is 0 Å². The van der Waals surface area contributed by atoms with Crippen molar-refractivity contribution >= 4 is 16.8 Å². The summed E-state index contributed by atoms with van der Waals surface area (Å²) in [6, 6.07) is 6.02. The molecule has 0 aliphatic carbocycles. The summed E-state index contributed by atoms with van der Waals surface area (Å²) in [6.07, 6.45) is 2.35. The first-order valence-corrected chi connectivity index (χ1v) is 7.45. The van der Waals surface area contributed by atoms with Crippen LogP contribution in [0.2, 0.25) is 0 Å². The Hall–Kier alpha value is -1.77. The van der Waals surface area contributed by atoms with E-state index in [0.717, 1.165) is 36.3 Å². The number of fused-ring (bicyclic) bond motifs is 1. The minimum absolute atomic E-state index is 0.170. The summed E-state index contributed by atoms with van der Waals surface area (Å²) in [4.78, 5) is 18.2. The van der Waals surface area contributed by atoms with E-state index in [2.05, 4.69) is 31.8 Å². The number of nitrogens with one attached hydrogen (secondary N) is 1. The smallest absolute Gasteiger partial charge is 0.255 e. The van der Waals surface area contributed by atoms with Gasteiger partial charge in [0.15, 0.2) is 0 Å². The fraction of sp³-hybridized carbons (Fsp3) is 0.471. The standard InChI is InChI=1S/C17H22N2O/c1-11-6-5-9-19(10-11)17(20)15-8-4-7-14-12(2)13(3)18-16(14)15/h4,7-8,11,18H,5-6,9-10H2,1-3H3/t11-/m0/s1. The zero-order chi connectivity index (χ0) is 14.3. The number of hydrogen-bond acceptors (Lipinski definition) is 1. The van der Waals surface area contributed by atoms with Crippen LogP contribution in [0.5, 0.6) is 0 Å². The summed E-state index contributed by atoms with van der Waals surface area (Å²) in [5.74, 6) is 0.780. The molecule has 0 radical (unpaired) electrons. The van der Waals surface area contributed by atoms with E-state index >= 15 is 0 Å². The Kier molecular flexibility index (Phi) is 3.28. The number of para-hydroxylation sites is 1. The molecule has 0 unspecified atom stereocenters. The van der Waals surface area contributed by atoms with Gasteiger partial charge in [-0.2, -0.15) is 0 Å². The lowest BCUT2D eigenvalue weighted by atomic mass is 9.99. The number of aryl methyl sites for hydroxylation is 2. The van der Waals surface area contributed by atoms with Crippen molar-refractivity contribution < 1.29 is 4.79 Å². The minimum Gasteiger partial charge on any atom is -0.358 e. The molecule has 1 amide bonds. The largest absolute Gasteiger partial charge is 0.358 e. The average molecular weight is 270 g/mol. The molecule has 1 aliphatic rings. The van der Waals surface area contributed by atoms with Crippen molar-refractivity contribution in [2.75, 3.05) is 13.1 Å². The van der Waals surface area contributed by atoms with Gasteiger partial charge in [-0.3, -0.25) is 4.79 Å². The summed E-state index contributed by atoms with van der Waals surface area (Å²) in [5.41, 5.74) is 4.19. The van der Waals surface area contributed by atoms with E-state index in [1.165, 1.54) is 17.4 Å². The molecule has 1 N–H and O–H groups in total. The second-order valence-corrected chi connectivity index (χ2v) is 6.10. The van der Waals surface area contributed by atoms with Crippen LogP contribution in [-0.4, -0.2) is 28.9 Å². The second kappa shape index (κ2) is 4.97. The number of rotatable bonds is 1. The van der Waals surface area contributed by atoms with Crippen LogP contribution in [0.15, 0.2) is 18.2 Å². The van der Waals surface area contributed by atoms with Crippen LogP contribution in [0.1, 0.15) is 41.4 Å². The van der Waals surface area contributed by atoms with Gasteiger partial charge < -0.3 is 9.88 Å². The lowest BCUT2D eigenvalue weighted by molar-refractivity contribution is 0.0685. The van der Waals surface area contributed by atoms with Gasteiger partial charge >= 0.3 is 0 Å². The third-order valence-electron chi connectivity index (χ3n) is 4.52. The lowest BCUT2D eigenvalue weighted by Gasteiger charge is -2.31. The molecule has 106 valence electrons. The number of nitrogens with zero attached hydrogens (tertiary/aromatic N) is 1. The molecule has 1 saturated heterocycles. The fourth-order valence-corrected chi connectivity index (χ4v) is 3.21. The first-order chi connectivity index (χ1) is 9.58. The fourth-order valence-electron chi connectivity index (χ4n) is 3.21. The Morgan fingerprint density at radius 3 is 2.90 bits per heavy atom. The maximum Gasteiger partial charge on any atom is 0.255 e. The Morgan fingerprint density at radius 1 is 1.35 bits per heavy atom. The zero-order valence-corrected chi connectivity index (χ0v) is 12.5. The Morgan fingerprint density at radius 2 is 2.15 bits per heavy atom. The molecule has 1 aromatic heterocycles. The van der Waals surface area contributed by atoms with E-state index < -0.39 is 0 Å². The maximum absolute atomic E-state index is 12.8. The Balaban J connectivity index is 2.01. The Labute approximate surface area is 120 Å². The SMILES string of the molecule is Cc1[nH]c2c(C(=O)N3CCC[C@H](C)C3)cccc2c1C. The van der Waals surface area contributed by atoms with Crippen molar-refractivity contribution in [2.45, 2.75) is 33.6 Å². The number of carbonyl (C=O) groups excluding carboxylic acids is 1. The number of amides is 1. The van der Waals surface area contributed by atoms with Crippen molar-refractivity contribution in [3.05, 3.63) is 35.0 Å². The topological polar surface area (TPSA) is 36.1 Å². The molecule has 3 nitrogen and oxygen atoms in total. The zero-order valence-electron chi connectivity index (χ0n) is 12.5. The van der Waals surface area contributed by atoms with Crippen molar-refractivity contribution in [1.82, 2.24) is 9.88 Å². The highest BCUT2D eigenvalue weighted by Crippen LogP contribution is 2.26. The summed E-state index contributed by atoms with van der Waals surface area (Å²) in [7, 11) is 0. The van der Waals surface area contributed by atoms with E-state index in [0.29, 0.717) is 5.92 Å². The van der Waals surface area contributed by atoms with E-state index in [9.17, 15) is 4.79 Å². The van der Waals surface area contributed by atoms with Crippen molar-refractivity contribution in [3.63, 3.8) is 0 Å². The molecule has 1 fully saturated rings. The van der Waals surface area contributed by atoms with Crippen LogP contribution in [0.25, 0.3) is 10.9 Å². The van der Waals surface area contributed by atoms with E-state index in [-0.39, 0.29) is 5.91 Å². The predicted molar refractivity (Wildman–Crippen MR) is 82.1 cm³/mol. The van der Waals surface area contributed by atoms with E-state index in [1.54, 1.807) is 0 Å². The molecular weight excluding hydrogens is 248 g/mol. The number of aromatic amines is 1. The predicted octanol–water partition coefficient (Wildman–Crippen LogP) is 3.66. The van der Waals surface area contributed by atoms with Gasteiger partial charge in [0.25, 0.3) is 5.91 Å². The molecule has 1 aromatic carbocycles. The highest BCUT2D eigenvalue weighted by Gasteiger charge is 2.24. The van der Waals surface area contributed by atoms with Crippen LogP contribution < -0.4 is 0 Å². The molecule has 3 heteroatoms. The van der Waals surface area contributed by atoms with Gasteiger partial charge in [-0.15, -0.1) is 0 Å². The molecule has 3 rings (SSSR count). The molecule has 20 heavy (non-hydrogen) atoms. The minimum atomic E-state index is 0.170. The van der Waals surface area contributed by atoms with Gasteiger partial charge in [0.2, 0.25) is 0 Å². The van der Waals surface area contributed by atoms with E-state index in [4.69, 9.17) is 0 Å².